The first-order valence-corrected chi connectivity index (χ1v) is 5.02. The van der Waals surface area contributed by atoms with Gasteiger partial charge >= 0.3 is 0 Å². The van der Waals surface area contributed by atoms with Gasteiger partial charge in [-0.15, -0.1) is 0 Å². The number of quaternary nitrogens is 1. The van der Waals surface area contributed by atoms with Gasteiger partial charge in [0.05, 0.1) is 27.2 Å². The lowest BCUT2D eigenvalue weighted by Gasteiger charge is -2.33. The van der Waals surface area contributed by atoms with Crippen molar-refractivity contribution in [3.8, 4) is 0 Å². The maximum atomic E-state index is 9.31. The van der Waals surface area contributed by atoms with E-state index in [0.29, 0.717) is 12.5 Å². The Labute approximate surface area is 81.6 Å². The van der Waals surface area contributed by atoms with E-state index in [1.807, 2.05) is 0 Å². The van der Waals surface area contributed by atoms with Crippen LogP contribution in [0, 0.1) is 5.92 Å². The van der Waals surface area contributed by atoms with Crippen molar-refractivity contribution in [1.82, 2.24) is 0 Å². The summed E-state index contributed by atoms with van der Waals surface area (Å²) >= 11 is 0. The molecule has 0 aliphatic rings. The largest absolute Gasteiger partial charge is 0.393 e. The fraction of sp³-hybridized carbons (Fsp3) is 1.00. The number of aliphatic hydroxyl groups is 2. The maximum absolute atomic E-state index is 9.31. The first-order chi connectivity index (χ1) is 5.91. The zero-order valence-electron chi connectivity index (χ0n) is 9.32. The Morgan fingerprint density at radius 2 is 1.77 bits per heavy atom. The summed E-state index contributed by atoms with van der Waals surface area (Å²) in [5.41, 5.74) is 0. The van der Waals surface area contributed by atoms with Crippen molar-refractivity contribution in [3.63, 3.8) is 0 Å². The summed E-state index contributed by atoms with van der Waals surface area (Å²) < 4.78 is 0.775. The van der Waals surface area contributed by atoms with Crippen LogP contribution < -0.4 is 0 Å². The number of aliphatic hydroxyl groups excluding tert-OH is 2. The zero-order valence-corrected chi connectivity index (χ0v) is 9.32. The SMILES string of the molecule is CCC(C)C[N+](C)(C)CC(O)CO. The molecule has 0 radical (unpaired) electrons. The molecule has 0 saturated heterocycles. The average Bonchev–Trinajstić information content (AvgIpc) is 2.02. The topological polar surface area (TPSA) is 40.5 Å². The Bertz CT molecular complexity index is 123. The number of nitrogens with zero attached hydrogens (tertiary/aromatic N) is 1. The Morgan fingerprint density at radius 1 is 1.23 bits per heavy atom. The lowest BCUT2D eigenvalue weighted by atomic mass is 10.1. The molecular weight excluding hydrogens is 166 g/mol. The Hall–Kier alpha value is -0.120. The van der Waals surface area contributed by atoms with Gasteiger partial charge in [0.15, 0.2) is 0 Å². The third-order valence-electron chi connectivity index (χ3n) is 2.42. The van der Waals surface area contributed by atoms with Crippen LogP contribution in [-0.4, -0.2) is 54.6 Å². The predicted octanol–water partition coefficient (Wildman–Crippen LogP) is 0.462. The molecule has 0 aliphatic heterocycles. The van der Waals surface area contributed by atoms with Crippen molar-refractivity contribution in [1.29, 1.82) is 0 Å². The number of hydrogen-bond acceptors (Lipinski definition) is 2. The summed E-state index contributed by atoms with van der Waals surface area (Å²) in [5, 5.41) is 18.0. The molecule has 3 heteroatoms. The number of likely N-dealkylation sites (N-methyl/N-ethyl adjacent to an activating group) is 1. The molecule has 0 amide bonds. The van der Waals surface area contributed by atoms with Crippen LogP contribution in [0.15, 0.2) is 0 Å². The van der Waals surface area contributed by atoms with Crippen molar-refractivity contribution in [3.05, 3.63) is 0 Å². The van der Waals surface area contributed by atoms with Crippen molar-refractivity contribution < 1.29 is 14.7 Å². The molecule has 80 valence electrons. The standard InChI is InChI=1S/C10H24NO2/c1-5-9(2)6-11(3,4)7-10(13)8-12/h9-10,12-13H,5-8H2,1-4H3/q+1. The summed E-state index contributed by atoms with van der Waals surface area (Å²) in [6, 6.07) is 0. The normalized spacial score (nSPS) is 17.1. The van der Waals surface area contributed by atoms with Crippen LogP contribution in [0.4, 0.5) is 0 Å². The molecule has 0 heterocycles. The molecule has 0 aliphatic carbocycles. The van der Waals surface area contributed by atoms with Crippen molar-refractivity contribution in [2.24, 2.45) is 5.92 Å². The van der Waals surface area contributed by atoms with E-state index in [-0.39, 0.29) is 6.61 Å². The third-order valence-corrected chi connectivity index (χ3v) is 2.42. The molecule has 3 nitrogen and oxygen atoms in total. The summed E-state index contributed by atoms with van der Waals surface area (Å²) in [6.07, 6.45) is 0.579. The second kappa shape index (κ2) is 5.58. The molecular formula is C10H24NO2+. The van der Waals surface area contributed by atoms with E-state index in [1.165, 1.54) is 0 Å². The summed E-state index contributed by atoms with van der Waals surface area (Å²) in [5.74, 6) is 0.667. The van der Waals surface area contributed by atoms with Gasteiger partial charge in [-0.3, -0.25) is 0 Å². The number of hydrogen-bond donors (Lipinski definition) is 2. The second-order valence-electron chi connectivity index (χ2n) is 4.65. The molecule has 2 N–H and O–H groups in total. The molecule has 0 spiro atoms. The fourth-order valence-electron chi connectivity index (χ4n) is 1.68. The smallest absolute Gasteiger partial charge is 0.126 e. The summed E-state index contributed by atoms with van der Waals surface area (Å²) in [4.78, 5) is 0. The Balaban J connectivity index is 3.92. The summed E-state index contributed by atoms with van der Waals surface area (Å²) in [7, 11) is 4.18. The van der Waals surface area contributed by atoms with Crippen molar-refractivity contribution in [2.75, 3.05) is 33.8 Å². The quantitative estimate of drug-likeness (QED) is 0.597. The number of rotatable bonds is 6. The van der Waals surface area contributed by atoms with E-state index >= 15 is 0 Å². The molecule has 0 fully saturated rings. The van der Waals surface area contributed by atoms with E-state index in [2.05, 4.69) is 27.9 Å². The van der Waals surface area contributed by atoms with Crippen LogP contribution in [0.25, 0.3) is 0 Å². The van der Waals surface area contributed by atoms with Crippen LogP contribution >= 0.6 is 0 Å². The molecule has 0 aromatic carbocycles. The van der Waals surface area contributed by atoms with Crippen LogP contribution in [0.5, 0.6) is 0 Å². The predicted molar refractivity (Wildman–Crippen MR) is 54.4 cm³/mol. The minimum absolute atomic E-state index is 0.137. The highest BCUT2D eigenvalue weighted by Gasteiger charge is 2.21. The van der Waals surface area contributed by atoms with Crippen molar-refractivity contribution >= 4 is 0 Å². The molecule has 0 aromatic heterocycles. The van der Waals surface area contributed by atoms with E-state index < -0.39 is 6.10 Å². The van der Waals surface area contributed by atoms with Gasteiger partial charge in [0.25, 0.3) is 0 Å². The van der Waals surface area contributed by atoms with Gasteiger partial charge in [-0.25, -0.2) is 0 Å². The molecule has 0 aromatic rings. The second-order valence-corrected chi connectivity index (χ2v) is 4.65. The first kappa shape index (κ1) is 12.9. The molecule has 2 atom stereocenters. The highest BCUT2D eigenvalue weighted by molar-refractivity contribution is 4.53. The zero-order chi connectivity index (χ0) is 10.5. The molecule has 13 heavy (non-hydrogen) atoms. The lowest BCUT2D eigenvalue weighted by Crippen LogP contribution is -2.48. The molecule has 0 rings (SSSR count). The van der Waals surface area contributed by atoms with Crippen LogP contribution in [-0.2, 0) is 0 Å². The van der Waals surface area contributed by atoms with Gasteiger partial charge < -0.3 is 14.7 Å². The average molecular weight is 190 g/mol. The van der Waals surface area contributed by atoms with E-state index in [9.17, 15) is 5.11 Å². The van der Waals surface area contributed by atoms with Gasteiger partial charge in [0, 0.05) is 5.92 Å². The van der Waals surface area contributed by atoms with E-state index in [1.54, 1.807) is 0 Å². The first-order valence-electron chi connectivity index (χ1n) is 5.02. The highest BCUT2D eigenvalue weighted by Crippen LogP contribution is 2.09. The van der Waals surface area contributed by atoms with E-state index in [4.69, 9.17) is 5.11 Å². The van der Waals surface area contributed by atoms with Crippen LogP contribution in [0.1, 0.15) is 20.3 Å². The minimum Gasteiger partial charge on any atom is -0.393 e. The van der Waals surface area contributed by atoms with Crippen molar-refractivity contribution in [2.45, 2.75) is 26.4 Å². The van der Waals surface area contributed by atoms with Gasteiger partial charge in [-0.1, -0.05) is 13.8 Å². The highest BCUT2D eigenvalue weighted by atomic mass is 16.3. The lowest BCUT2D eigenvalue weighted by molar-refractivity contribution is -0.896. The minimum atomic E-state index is -0.584. The van der Waals surface area contributed by atoms with Gasteiger partial charge in [-0.2, -0.15) is 0 Å². The molecule has 0 bridgehead atoms. The summed E-state index contributed by atoms with van der Waals surface area (Å²) in [6.45, 7) is 5.93. The Morgan fingerprint density at radius 3 is 2.15 bits per heavy atom. The van der Waals surface area contributed by atoms with Gasteiger partial charge in [0.2, 0.25) is 0 Å². The van der Waals surface area contributed by atoms with Gasteiger partial charge in [0.1, 0.15) is 12.6 Å². The van der Waals surface area contributed by atoms with Crippen LogP contribution in [0.3, 0.4) is 0 Å². The Kier molecular flexibility index (Phi) is 5.53. The molecule has 2 unspecified atom stereocenters. The molecule has 0 saturated carbocycles. The van der Waals surface area contributed by atoms with Gasteiger partial charge in [-0.05, 0) is 6.42 Å². The maximum Gasteiger partial charge on any atom is 0.126 e. The fourth-order valence-corrected chi connectivity index (χ4v) is 1.68. The monoisotopic (exact) mass is 190 g/mol. The third kappa shape index (κ3) is 6.02. The van der Waals surface area contributed by atoms with Crippen LogP contribution in [0.2, 0.25) is 0 Å². The van der Waals surface area contributed by atoms with E-state index in [0.717, 1.165) is 17.4 Å².